The van der Waals surface area contributed by atoms with Crippen molar-refractivity contribution in [1.82, 2.24) is 10.3 Å². The fraction of sp³-hybridized carbons (Fsp3) is 0.167. The van der Waals surface area contributed by atoms with E-state index in [4.69, 9.17) is 11.6 Å². The highest BCUT2D eigenvalue weighted by Crippen LogP contribution is 2.15. The first kappa shape index (κ1) is 11.5. The lowest BCUT2D eigenvalue weighted by Crippen LogP contribution is -2.17. The van der Waals surface area contributed by atoms with Crippen molar-refractivity contribution < 1.29 is 5.03 Å². The van der Waals surface area contributed by atoms with Gasteiger partial charge in [0.2, 0.25) is 0 Å². The molecule has 0 bridgehead atoms. The molecular weight excluding hydrogens is 242 g/mol. The Bertz CT molecular complexity index is 415. The van der Waals surface area contributed by atoms with E-state index in [9.17, 15) is 10.1 Å². The fourth-order valence-corrected chi connectivity index (χ4v) is 1.49. The number of hydrogen-bond donors (Lipinski definition) is 1. The summed E-state index contributed by atoms with van der Waals surface area (Å²) < 4.78 is 0.383. The molecule has 0 saturated heterocycles. The monoisotopic (exact) mass is 247 g/mol. The van der Waals surface area contributed by atoms with Crippen molar-refractivity contribution in [2.75, 3.05) is 7.05 Å². The van der Waals surface area contributed by atoms with Crippen molar-refractivity contribution in [2.45, 2.75) is 0 Å². The number of aliphatic imine (C=N–C) groups is 1. The minimum absolute atomic E-state index is 0.0930. The number of nitro groups is 1. The summed E-state index contributed by atoms with van der Waals surface area (Å²) in [6, 6.07) is 0. The molecule has 1 aromatic heterocycles. The maximum Gasteiger partial charge on any atom is 0.294 e. The molecule has 80 valence electrons. The first-order valence-corrected chi connectivity index (χ1v) is 4.87. The van der Waals surface area contributed by atoms with Crippen molar-refractivity contribution >= 4 is 35.1 Å². The maximum atomic E-state index is 10.1. The Hall–Kier alpha value is -1.54. The van der Waals surface area contributed by atoms with Gasteiger partial charge in [-0.25, -0.2) is 20.1 Å². The van der Waals surface area contributed by atoms with Gasteiger partial charge in [-0.1, -0.05) is 11.6 Å². The second-order valence-corrected chi connectivity index (χ2v) is 3.83. The quantitative estimate of drug-likeness (QED) is 0.365. The molecule has 0 amide bonds. The topological polar surface area (TPSA) is 92.8 Å². The minimum Gasteiger partial charge on any atom is -0.352 e. The van der Waals surface area contributed by atoms with E-state index in [-0.39, 0.29) is 5.96 Å². The Balaban J connectivity index is 2.75. The predicted octanol–water partition coefficient (Wildman–Crippen LogP) is 0.982. The molecule has 1 N–H and O–H groups in total. The Labute approximate surface area is 93.7 Å². The van der Waals surface area contributed by atoms with E-state index in [1.54, 1.807) is 0 Å². The molecule has 1 rings (SSSR count). The molecule has 0 aromatic carbocycles. The molecule has 7 nitrogen and oxygen atoms in total. The summed E-state index contributed by atoms with van der Waals surface area (Å²) >= 11 is 6.80. The second kappa shape index (κ2) is 5.37. The zero-order valence-corrected chi connectivity index (χ0v) is 9.12. The van der Waals surface area contributed by atoms with E-state index >= 15 is 0 Å². The summed E-state index contributed by atoms with van der Waals surface area (Å²) in [6.45, 7) is 0. The van der Waals surface area contributed by atoms with Crippen LogP contribution in [-0.4, -0.2) is 29.2 Å². The first-order valence-electron chi connectivity index (χ1n) is 3.68. The molecule has 0 fully saturated rings. The standard InChI is InChI=1S/C6H6ClN5O2S/c1-8-6(11-12(13)14)10-3-4-2-9-5(7)15-4/h2-3H,1H3,(H,8,11)/b10-3+. The van der Waals surface area contributed by atoms with Gasteiger partial charge in [-0.2, -0.15) is 0 Å². The van der Waals surface area contributed by atoms with E-state index in [0.717, 1.165) is 0 Å². The van der Waals surface area contributed by atoms with Gasteiger partial charge in [0.05, 0.1) is 4.88 Å². The zero-order valence-electron chi connectivity index (χ0n) is 7.55. The number of hydrogen-bond acceptors (Lipinski definition) is 4. The summed E-state index contributed by atoms with van der Waals surface area (Å²) in [5.41, 5.74) is 0. The molecule has 15 heavy (non-hydrogen) atoms. The fourth-order valence-electron chi connectivity index (χ4n) is 0.666. The van der Waals surface area contributed by atoms with Gasteiger partial charge in [0, 0.05) is 19.5 Å². The SMILES string of the molecule is CNC(/N=C/c1cnc(Cl)s1)=N\[N+](=O)[O-]. The number of nitrogens with one attached hydrogen (secondary N) is 1. The molecule has 1 heterocycles. The smallest absolute Gasteiger partial charge is 0.294 e. The molecule has 9 heteroatoms. The summed E-state index contributed by atoms with van der Waals surface area (Å²) in [4.78, 5) is 18.3. The number of hydrazone groups is 1. The van der Waals surface area contributed by atoms with Crippen LogP contribution in [0.25, 0.3) is 0 Å². The third-order valence-corrected chi connectivity index (χ3v) is 2.26. The molecule has 0 unspecified atom stereocenters. The number of rotatable bonds is 2. The van der Waals surface area contributed by atoms with E-state index in [0.29, 0.717) is 9.34 Å². The Morgan fingerprint density at radius 1 is 1.87 bits per heavy atom. The van der Waals surface area contributed by atoms with Gasteiger partial charge in [0.1, 0.15) is 5.10 Å². The Morgan fingerprint density at radius 3 is 3.07 bits per heavy atom. The molecule has 0 aliphatic heterocycles. The number of thiazole rings is 1. The van der Waals surface area contributed by atoms with Crippen LogP contribution in [-0.2, 0) is 0 Å². The van der Waals surface area contributed by atoms with Crippen LogP contribution in [0.2, 0.25) is 4.47 Å². The van der Waals surface area contributed by atoms with Crippen LogP contribution in [0.5, 0.6) is 0 Å². The van der Waals surface area contributed by atoms with Gasteiger partial charge >= 0.3 is 0 Å². The van der Waals surface area contributed by atoms with E-state index < -0.39 is 5.03 Å². The van der Waals surface area contributed by atoms with Gasteiger partial charge in [-0.3, -0.25) is 0 Å². The summed E-state index contributed by atoms with van der Waals surface area (Å²) in [5.74, 6) is -0.0930. The van der Waals surface area contributed by atoms with Crippen molar-refractivity contribution in [3.63, 3.8) is 0 Å². The lowest BCUT2D eigenvalue weighted by Gasteiger charge is -1.91. The highest BCUT2D eigenvalue weighted by Gasteiger charge is 2.00. The second-order valence-electron chi connectivity index (χ2n) is 2.19. The van der Waals surface area contributed by atoms with E-state index in [2.05, 4.69) is 20.4 Å². The molecular formula is C6H6ClN5O2S. The molecule has 0 aliphatic carbocycles. The lowest BCUT2D eigenvalue weighted by molar-refractivity contribution is -0.485. The van der Waals surface area contributed by atoms with Crippen LogP contribution in [0.3, 0.4) is 0 Å². The van der Waals surface area contributed by atoms with Crippen molar-refractivity contribution in [3.8, 4) is 0 Å². The number of aromatic nitrogens is 1. The summed E-state index contributed by atoms with van der Waals surface area (Å²) in [7, 11) is 1.49. The summed E-state index contributed by atoms with van der Waals surface area (Å²) in [6.07, 6.45) is 2.90. The number of halogens is 1. The van der Waals surface area contributed by atoms with Gasteiger partial charge in [0.25, 0.3) is 5.96 Å². The van der Waals surface area contributed by atoms with Gasteiger partial charge in [-0.05, 0) is 0 Å². The van der Waals surface area contributed by atoms with E-state index in [1.807, 2.05) is 0 Å². The normalized spacial score (nSPS) is 12.0. The highest BCUT2D eigenvalue weighted by molar-refractivity contribution is 7.17. The first-order chi connectivity index (χ1) is 7.11. The number of guanidine groups is 1. The largest absolute Gasteiger partial charge is 0.352 e. The Kier molecular flexibility index (Phi) is 4.13. The van der Waals surface area contributed by atoms with Crippen LogP contribution in [0.1, 0.15) is 4.88 Å². The third kappa shape index (κ3) is 4.00. The lowest BCUT2D eigenvalue weighted by atomic mass is 10.6. The van der Waals surface area contributed by atoms with Crippen molar-refractivity contribution in [1.29, 1.82) is 0 Å². The highest BCUT2D eigenvalue weighted by atomic mass is 35.5. The Morgan fingerprint density at radius 2 is 2.60 bits per heavy atom. The molecule has 0 saturated carbocycles. The van der Waals surface area contributed by atoms with Crippen molar-refractivity contribution in [2.24, 2.45) is 10.1 Å². The number of nitrogens with zero attached hydrogens (tertiary/aromatic N) is 4. The average Bonchev–Trinajstić information content (AvgIpc) is 2.58. The van der Waals surface area contributed by atoms with Crippen molar-refractivity contribution in [3.05, 3.63) is 25.7 Å². The van der Waals surface area contributed by atoms with E-state index in [1.165, 1.54) is 30.8 Å². The molecule has 0 radical (unpaired) electrons. The van der Waals surface area contributed by atoms with Gasteiger partial charge in [-0.15, -0.1) is 11.3 Å². The zero-order chi connectivity index (χ0) is 11.3. The maximum absolute atomic E-state index is 10.1. The summed E-state index contributed by atoms with van der Waals surface area (Å²) in [5, 5.41) is 14.7. The molecule has 0 atom stereocenters. The minimum atomic E-state index is -0.831. The third-order valence-electron chi connectivity index (χ3n) is 1.21. The predicted molar refractivity (Wildman–Crippen MR) is 58.2 cm³/mol. The van der Waals surface area contributed by atoms with Crippen LogP contribution in [0.15, 0.2) is 16.3 Å². The van der Waals surface area contributed by atoms with Crippen LogP contribution < -0.4 is 5.32 Å². The van der Waals surface area contributed by atoms with Crippen LogP contribution >= 0.6 is 22.9 Å². The van der Waals surface area contributed by atoms with Gasteiger partial charge in [0.15, 0.2) is 9.50 Å². The van der Waals surface area contributed by atoms with Crippen LogP contribution in [0.4, 0.5) is 0 Å². The molecule has 0 spiro atoms. The van der Waals surface area contributed by atoms with Gasteiger partial charge < -0.3 is 5.32 Å². The van der Waals surface area contributed by atoms with Crippen LogP contribution in [0, 0.1) is 10.1 Å². The molecule has 1 aromatic rings. The molecule has 0 aliphatic rings. The average molecular weight is 248 g/mol.